The molecule has 0 spiro atoms. The largest absolute Gasteiger partial charge is 0.463 e. The van der Waals surface area contributed by atoms with Crippen molar-refractivity contribution in [3.05, 3.63) is 53.7 Å². The standard InChI is InChI=1S/C17H21FN2O/c1-2-20(15-5-3-4-13(18)10-15)12-17-9-8-16(21-17)11-19-14-6-7-14/h3-5,8-10,14,19H,2,6-7,11-12H2,1H3. The molecule has 0 aliphatic heterocycles. The van der Waals surface area contributed by atoms with E-state index in [1.165, 1.54) is 18.9 Å². The van der Waals surface area contributed by atoms with Crippen LogP contribution in [0.4, 0.5) is 10.1 Å². The predicted octanol–water partition coefficient (Wildman–Crippen LogP) is 3.70. The van der Waals surface area contributed by atoms with Crippen molar-refractivity contribution < 1.29 is 8.81 Å². The first-order valence-electron chi connectivity index (χ1n) is 7.56. The number of rotatable bonds is 7. The second-order valence-corrected chi connectivity index (χ2v) is 5.52. The van der Waals surface area contributed by atoms with Gasteiger partial charge < -0.3 is 14.6 Å². The molecule has 4 heteroatoms. The third-order valence-electron chi connectivity index (χ3n) is 3.76. The molecule has 1 N–H and O–H groups in total. The number of nitrogens with one attached hydrogen (secondary N) is 1. The quantitative estimate of drug-likeness (QED) is 0.842. The van der Waals surface area contributed by atoms with Gasteiger partial charge in [0, 0.05) is 18.3 Å². The highest BCUT2D eigenvalue weighted by Gasteiger charge is 2.20. The minimum absolute atomic E-state index is 0.209. The Balaban J connectivity index is 1.63. The van der Waals surface area contributed by atoms with Crippen molar-refractivity contribution in [2.24, 2.45) is 0 Å². The van der Waals surface area contributed by atoms with Crippen molar-refractivity contribution in [3.8, 4) is 0 Å². The predicted molar refractivity (Wildman–Crippen MR) is 81.7 cm³/mol. The van der Waals surface area contributed by atoms with Crippen LogP contribution in [-0.4, -0.2) is 12.6 Å². The average molecular weight is 288 g/mol. The maximum atomic E-state index is 13.3. The third-order valence-corrected chi connectivity index (χ3v) is 3.76. The van der Waals surface area contributed by atoms with Crippen LogP contribution in [0.15, 0.2) is 40.8 Å². The molecule has 1 aliphatic carbocycles. The summed E-state index contributed by atoms with van der Waals surface area (Å²) in [6.45, 7) is 4.31. The summed E-state index contributed by atoms with van der Waals surface area (Å²) < 4.78 is 19.2. The van der Waals surface area contributed by atoms with Crippen LogP contribution in [0.3, 0.4) is 0 Å². The summed E-state index contributed by atoms with van der Waals surface area (Å²) in [6, 6.07) is 11.4. The van der Waals surface area contributed by atoms with Crippen molar-refractivity contribution in [3.63, 3.8) is 0 Å². The van der Waals surface area contributed by atoms with Gasteiger partial charge in [-0.1, -0.05) is 6.07 Å². The highest BCUT2D eigenvalue weighted by atomic mass is 19.1. The first-order chi connectivity index (χ1) is 10.2. The number of halogens is 1. The van der Waals surface area contributed by atoms with E-state index in [1.54, 1.807) is 12.1 Å². The van der Waals surface area contributed by atoms with Crippen molar-refractivity contribution in [1.29, 1.82) is 0 Å². The van der Waals surface area contributed by atoms with Gasteiger partial charge in [0.15, 0.2) is 0 Å². The van der Waals surface area contributed by atoms with Crippen LogP contribution in [0.1, 0.15) is 31.3 Å². The van der Waals surface area contributed by atoms with E-state index in [0.717, 1.165) is 30.3 Å². The molecule has 21 heavy (non-hydrogen) atoms. The first-order valence-corrected chi connectivity index (χ1v) is 7.56. The second kappa shape index (κ2) is 6.31. The Hall–Kier alpha value is -1.81. The monoisotopic (exact) mass is 288 g/mol. The number of nitrogens with zero attached hydrogens (tertiary/aromatic N) is 1. The molecule has 0 amide bonds. The molecule has 0 unspecified atom stereocenters. The van der Waals surface area contributed by atoms with Gasteiger partial charge in [-0.2, -0.15) is 0 Å². The third kappa shape index (κ3) is 3.85. The molecule has 1 aromatic heterocycles. The van der Waals surface area contributed by atoms with E-state index < -0.39 is 0 Å². The molecule has 3 nitrogen and oxygen atoms in total. The fraction of sp³-hybridized carbons (Fsp3) is 0.412. The van der Waals surface area contributed by atoms with Crippen LogP contribution in [0.5, 0.6) is 0 Å². The van der Waals surface area contributed by atoms with E-state index in [4.69, 9.17) is 4.42 Å². The minimum Gasteiger partial charge on any atom is -0.463 e. The maximum Gasteiger partial charge on any atom is 0.125 e. The lowest BCUT2D eigenvalue weighted by Crippen LogP contribution is -2.21. The topological polar surface area (TPSA) is 28.4 Å². The van der Waals surface area contributed by atoms with Gasteiger partial charge >= 0.3 is 0 Å². The number of anilines is 1. The molecule has 0 radical (unpaired) electrons. The fourth-order valence-corrected chi connectivity index (χ4v) is 2.38. The number of benzene rings is 1. The molecule has 1 aromatic carbocycles. The number of furan rings is 1. The maximum absolute atomic E-state index is 13.3. The average Bonchev–Trinajstić information content (AvgIpc) is 3.21. The Morgan fingerprint density at radius 2 is 2.05 bits per heavy atom. The van der Waals surface area contributed by atoms with E-state index in [2.05, 4.69) is 17.1 Å². The van der Waals surface area contributed by atoms with E-state index in [1.807, 2.05) is 18.2 Å². The lowest BCUT2D eigenvalue weighted by molar-refractivity contribution is 0.443. The van der Waals surface area contributed by atoms with Gasteiger partial charge in [-0.25, -0.2) is 4.39 Å². The molecular weight excluding hydrogens is 267 g/mol. The van der Waals surface area contributed by atoms with Gasteiger partial charge in [-0.15, -0.1) is 0 Å². The molecule has 1 heterocycles. The Morgan fingerprint density at radius 3 is 2.76 bits per heavy atom. The minimum atomic E-state index is -0.209. The van der Waals surface area contributed by atoms with Crippen LogP contribution in [0, 0.1) is 5.82 Å². The fourth-order valence-electron chi connectivity index (χ4n) is 2.38. The van der Waals surface area contributed by atoms with Gasteiger partial charge in [0.05, 0.1) is 13.1 Å². The molecule has 1 aliphatic rings. The lowest BCUT2D eigenvalue weighted by atomic mass is 10.2. The van der Waals surface area contributed by atoms with Crippen LogP contribution >= 0.6 is 0 Å². The van der Waals surface area contributed by atoms with Crippen molar-refractivity contribution >= 4 is 5.69 Å². The zero-order chi connectivity index (χ0) is 14.7. The van der Waals surface area contributed by atoms with Gasteiger partial charge in [-0.3, -0.25) is 0 Å². The molecule has 112 valence electrons. The van der Waals surface area contributed by atoms with Crippen LogP contribution in [0.25, 0.3) is 0 Å². The Morgan fingerprint density at radius 1 is 1.24 bits per heavy atom. The van der Waals surface area contributed by atoms with Gasteiger partial charge in [0.25, 0.3) is 0 Å². The molecule has 0 atom stereocenters. The zero-order valence-electron chi connectivity index (χ0n) is 12.3. The summed E-state index contributed by atoms with van der Waals surface area (Å²) in [5.74, 6) is 1.67. The van der Waals surface area contributed by atoms with Crippen molar-refractivity contribution in [2.75, 3.05) is 11.4 Å². The Labute approximate surface area is 124 Å². The molecule has 0 bridgehead atoms. The summed E-state index contributed by atoms with van der Waals surface area (Å²) >= 11 is 0. The zero-order valence-corrected chi connectivity index (χ0v) is 12.3. The van der Waals surface area contributed by atoms with Gasteiger partial charge in [-0.05, 0) is 50.1 Å². The molecule has 3 rings (SSSR count). The summed E-state index contributed by atoms with van der Waals surface area (Å²) in [5.41, 5.74) is 0.881. The second-order valence-electron chi connectivity index (χ2n) is 5.52. The normalized spacial score (nSPS) is 14.4. The first kappa shape index (κ1) is 14.1. The van der Waals surface area contributed by atoms with E-state index >= 15 is 0 Å². The Kier molecular flexibility index (Phi) is 4.25. The van der Waals surface area contributed by atoms with Gasteiger partial charge in [0.2, 0.25) is 0 Å². The summed E-state index contributed by atoms with van der Waals surface area (Å²) in [5, 5.41) is 3.44. The van der Waals surface area contributed by atoms with Crippen molar-refractivity contribution in [2.45, 2.75) is 38.9 Å². The highest BCUT2D eigenvalue weighted by molar-refractivity contribution is 5.46. The van der Waals surface area contributed by atoms with E-state index in [0.29, 0.717) is 12.6 Å². The molecule has 1 fully saturated rings. The highest BCUT2D eigenvalue weighted by Crippen LogP contribution is 2.21. The Bertz CT molecular complexity index is 592. The van der Waals surface area contributed by atoms with Crippen LogP contribution in [-0.2, 0) is 13.1 Å². The summed E-state index contributed by atoms with van der Waals surface area (Å²) in [7, 11) is 0. The van der Waals surface area contributed by atoms with Crippen molar-refractivity contribution in [1.82, 2.24) is 5.32 Å². The number of hydrogen-bond donors (Lipinski definition) is 1. The number of hydrogen-bond acceptors (Lipinski definition) is 3. The smallest absolute Gasteiger partial charge is 0.125 e. The molecular formula is C17H21FN2O. The molecule has 0 saturated heterocycles. The lowest BCUT2D eigenvalue weighted by Gasteiger charge is -2.21. The van der Waals surface area contributed by atoms with E-state index in [9.17, 15) is 4.39 Å². The summed E-state index contributed by atoms with van der Waals surface area (Å²) in [4.78, 5) is 2.10. The van der Waals surface area contributed by atoms with Crippen LogP contribution < -0.4 is 10.2 Å². The molecule has 1 saturated carbocycles. The molecule has 2 aromatic rings. The van der Waals surface area contributed by atoms with E-state index in [-0.39, 0.29) is 5.82 Å². The van der Waals surface area contributed by atoms with Gasteiger partial charge in [0.1, 0.15) is 17.3 Å². The summed E-state index contributed by atoms with van der Waals surface area (Å²) in [6.07, 6.45) is 2.55. The SMILES string of the molecule is CCN(Cc1ccc(CNC2CC2)o1)c1cccc(F)c1. The van der Waals surface area contributed by atoms with Crippen LogP contribution in [0.2, 0.25) is 0 Å².